The van der Waals surface area contributed by atoms with E-state index in [0.717, 1.165) is 5.56 Å². The van der Waals surface area contributed by atoms with Crippen molar-refractivity contribution in [1.82, 2.24) is 20.8 Å². The average molecular weight is 389 g/mol. The Morgan fingerprint density at radius 1 is 1.14 bits per heavy atom. The standard InChI is InChI=1S/C21H19N5O3/c22-18-4-2-1-3-15(18)8-5-14-6-9-16(10-7-14)20(27)25-19(21(28)26-29)11-17-12-23-13-24-17/h1-4,6-7,9-10,12-13,19,29H,11,22H2,(H,23,24)(H,25,27)(H,26,28)/t19-/m0/s1. The minimum Gasteiger partial charge on any atom is -0.398 e. The summed E-state index contributed by atoms with van der Waals surface area (Å²) in [6, 6.07) is 13.0. The van der Waals surface area contributed by atoms with Gasteiger partial charge in [0.15, 0.2) is 0 Å². The molecule has 2 aromatic carbocycles. The van der Waals surface area contributed by atoms with Crippen molar-refractivity contribution in [3.63, 3.8) is 0 Å². The van der Waals surface area contributed by atoms with Gasteiger partial charge in [-0.1, -0.05) is 24.0 Å². The van der Waals surface area contributed by atoms with Crippen molar-refractivity contribution < 1.29 is 14.8 Å². The Kier molecular flexibility index (Phi) is 6.25. The second-order valence-electron chi connectivity index (χ2n) is 6.20. The number of para-hydroxylation sites is 1. The molecule has 0 spiro atoms. The van der Waals surface area contributed by atoms with E-state index in [1.165, 1.54) is 12.5 Å². The molecule has 0 fully saturated rings. The van der Waals surface area contributed by atoms with E-state index in [2.05, 4.69) is 27.1 Å². The van der Waals surface area contributed by atoms with Crippen LogP contribution in [0.3, 0.4) is 0 Å². The first-order valence-corrected chi connectivity index (χ1v) is 8.75. The smallest absolute Gasteiger partial charge is 0.266 e. The van der Waals surface area contributed by atoms with Gasteiger partial charge < -0.3 is 16.0 Å². The maximum atomic E-state index is 12.5. The van der Waals surface area contributed by atoms with E-state index in [0.29, 0.717) is 22.5 Å². The van der Waals surface area contributed by atoms with Gasteiger partial charge in [-0.15, -0.1) is 0 Å². The molecule has 0 saturated carbocycles. The van der Waals surface area contributed by atoms with E-state index >= 15 is 0 Å². The number of nitrogens with one attached hydrogen (secondary N) is 3. The summed E-state index contributed by atoms with van der Waals surface area (Å²) >= 11 is 0. The number of aromatic amines is 1. The summed E-state index contributed by atoms with van der Waals surface area (Å²) in [6.45, 7) is 0. The molecular formula is C21H19N5O3. The van der Waals surface area contributed by atoms with Crippen LogP contribution in [0.15, 0.2) is 61.1 Å². The molecule has 0 aliphatic carbocycles. The molecule has 0 aliphatic rings. The largest absolute Gasteiger partial charge is 0.398 e. The summed E-state index contributed by atoms with van der Waals surface area (Å²) in [5.74, 6) is 4.81. The fourth-order valence-electron chi connectivity index (χ4n) is 2.60. The van der Waals surface area contributed by atoms with E-state index < -0.39 is 17.9 Å². The zero-order chi connectivity index (χ0) is 20.6. The van der Waals surface area contributed by atoms with E-state index in [9.17, 15) is 9.59 Å². The minimum atomic E-state index is -0.964. The third-order valence-electron chi connectivity index (χ3n) is 4.16. The molecule has 1 heterocycles. The summed E-state index contributed by atoms with van der Waals surface area (Å²) in [6.07, 6.45) is 3.16. The SMILES string of the molecule is Nc1ccccc1C#Cc1ccc(C(=O)N[C@@H](Cc2cnc[nH]2)C(=O)NO)cc1. The Morgan fingerprint density at radius 2 is 1.90 bits per heavy atom. The van der Waals surface area contributed by atoms with Crippen LogP contribution in [0.4, 0.5) is 5.69 Å². The van der Waals surface area contributed by atoms with Gasteiger partial charge in [0, 0.05) is 40.7 Å². The van der Waals surface area contributed by atoms with Gasteiger partial charge >= 0.3 is 0 Å². The highest BCUT2D eigenvalue weighted by Gasteiger charge is 2.22. The maximum absolute atomic E-state index is 12.5. The Morgan fingerprint density at radius 3 is 2.55 bits per heavy atom. The number of nitrogens with zero attached hydrogens (tertiary/aromatic N) is 1. The van der Waals surface area contributed by atoms with Crippen LogP contribution in [0.1, 0.15) is 27.2 Å². The highest BCUT2D eigenvalue weighted by Crippen LogP contribution is 2.10. The summed E-state index contributed by atoms with van der Waals surface area (Å²) in [5, 5.41) is 11.5. The molecule has 146 valence electrons. The lowest BCUT2D eigenvalue weighted by Gasteiger charge is -2.16. The number of anilines is 1. The third-order valence-corrected chi connectivity index (χ3v) is 4.16. The van der Waals surface area contributed by atoms with Gasteiger partial charge in [0.05, 0.1) is 6.33 Å². The number of H-pyrrole nitrogens is 1. The number of nitrogens with two attached hydrogens (primary N) is 1. The van der Waals surface area contributed by atoms with Crippen LogP contribution in [0.25, 0.3) is 0 Å². The molecule has 3 rings (SSSR count). The molecule has 0 aliphatic heterocycles. The molecule has 8 heteroatoms. The Labute approximate surface area is 167 Å². The van der Waals surface area contributed by atoms with Gasteiger partial charge in [-0.3, -0.25) is 14.8 Å². The van der Waals surface area contributed by atoms with E-state index in [-0.39, 0.29) is 6.42 Å². The molecule has 0 saturated heterocycles. The molecule has 0 bridgehead atoms. The molecule has 29 heavy (non-hydrogen) atoms. The van der Waals surface area contributed by atoms with Crippen LogP contribution in [0.2, 0.25) is 0 Å². The quantitative estimate of drug-likeness (QED) is 0.194. The van der Waals surface area contributed by atoms with Gasteiger partial charge in [-0.05, 0) is 36.4 Å². The van der Waals surface area contributed by atoms with Crippen molar-refractivity contribution in [2.45, 2.75) is 12.5 Å². The highest BCUT2D eigenvalue weighted by molar-refractivity contribution is 5.97. The Balaban J connectivity index is 1.69. The van der Waals surface area contributed by atoms with Crippen LogP contribution in [-0.4, -0.2) is 33.0 Å². The molecule has 3 aromatic rings. The minimum absolute atomic E-state index is 0.153. The molecule has 1 aromatic heterocycles. The first kappa shape index (κ1) is 19.7. The number of nitrogen functional groups attached to an aromatic ring is 1. The Bertz CT molecular complexity index is 1050. The lowest BCUT2D eigenvalue weighted by Crippen LogP contribution is -2.47. The number of benzene rings is 2. The summed E-state index contributed by atoms with van der Waals surface area (Å²) in [5.41, 5.74) is 10.5. The monoisotopic (exact) mass is 389 g/mol. The third kappa shape index (κ3) is 5.22. The zero-order valence-electron chi connectivity index (χ0n) is 15.3. The van der Waals surface area contributed by atoms with Crippen LogP contribution in [0, 0.1) is 11.8 Å². The molecule has 2 amide bonds. The fourth-order valence-corrected chi connectivity index (χ4v) is 2.60. The van der Waals surface area contributed by atoms with Crippen molar-refractivity contribution in [3.8, 4) is 11.8 Å². The summed E-state index contributed by atoms with van der Waals surface area (Å²) in [7, 11) is 0. The lowest BCUT2D eigenvalue weighted by molar-refractivity contribution is -0.131. The topological polar surface area (TPSA) is 133 Å². The van der Waals surface area contributed by atoms with Crippen molar-refractivity contribution in [2.75, 3.05) is 5.73 Å². The number of carbonyl (C=O) groups excluding carboxylic acids is 2. The number of imidazole rings is 1. The van der Waals surface area contributed by atoms with Crippen molar-refractivity contribution in [2.24, 2.45) is 0 Å². The zero-order valence-corrected chi connectivity index (χ0v) is 15.3. The number of hydroxylamine groups is 1. The normalized spacial score (nSPS) is 11.1. The van der Waals surface area contributed by atoms with E-state index in [4.69, 9.17) is 10.9 Å². The number of amides is 2. The number of rotatable bonds is 5. The summed E-state index contributed by atoms with van der Waals surface area (Å²) < 4.78 is 0. The lowest BCUT2D eigenvalue weighted by atomic mass is 10.1. The number of carbonyl (C=O) groups is 2. The predicted molar refractivity (Wildman–Crippen MR) is 107 cm³/mol. The molecule has 6 N–H and O–H groups in total. The first-order chi connectivity index (χ1) is 14.1. The highest BCUT2D eigenvalue weighted by atomic mass is 16.5. The van der Waals surface area contributed by atoms with Crippen LogP contribution < -0.4 is 16.5 Å². The number of hydrogen-bond donors (Lipinski definition) is 5. The van der Waals surface area contributed by atoms with Crippen molar-refractivity contribution in [3.05, 3.63) is 83.4 Å². The maximum Gasteiger partial charge on any atom is 0.266 e. The van der Waals surface area contributed by atoms with Crippen LogP contribution in [-0.2, 0) is 11.2 Å². The molecule has 1 atom stereocenters. The molecular weight excluding hydrogens is 370 g/mol. The van der Waals surface area contributed by atoms with Gasteiger partial charge in [0.1, 0.15) is 6.04 Å². The van der Waals surface area contributed by atoms with Gasteiger partial charge in [-0.25, -0.2) is 10.5 Å². The molecule has 0 unspecified atom stereocenters. The first-order valence-electron chi connectivity index (χ1n) is 8.75. The summed E-state index contributed by atoms with van der Waals surface area (Å²) in [4.78, 5) is 31.1. The van der Waals surface area contributed by atoms with Gasteiger partial charge in [0.25, 0.3) is 11.8 Å². The van der Waals surface area contributed by atoms with Gasteiger partial charge in [-0.2, -0.15) is 0 Å². The number of hydrogen-bond acceptors (Lipinski definition) is 5. The average Bonchev–Trinajstić information content (AvgIpc) is 3.25. The van der Waals surface area contributed by atoms with E-state index in [1.54, 1.807) is 35.8 Å². The number of aromatic nitrogens is 2. The van der Waals surface area contributed by atoms with Crippen molar-refractivity contribution >= 4 is 17.5 Å². The molecule has 8 nitrogen and oxygen atoms in total. The second kappa shape index (κ2) is 9.21. The Hall–Kier alpha value is -4.09. The van der Waals surface area contributed by atoms with Gasteiger partial charge in [0.2, 0.25) is 0 Å². The second-order valence-corrected chi connectivity index (χ2v) is 6.20. The predicted octanol–water partition coefficient (Wildman–Crippen LogP) is 1.24. The van der Waals surface area contributed by atoms with Crippen molar-refractivity contribution in [1.29, 1.82) is 0 Å². The molecule has 0 radical (unpaired) electrons. The van der Waals surface area contributed by atoms with Crippen LogP contribution >= 0.6 is 0 Å². The fraction of sp³-hybridized carbons (Fsp3) is 0.0952. The van der Waals surface area contributed by atoms with Crippen LogP contribution in [0.5, 0.6) is 0 Å². The van der Waals surface area contributed by atoms with E-state index in [1.807, 2.05) is 18.2 Å².